The van der Waals surface area contributed by atoms with Crippen molar-refractivity contribution >= 4 is 5.91 Å². The summed E-state index contributed by atoms with van der Waals surface area (Å²) in [7, 11) is 0. The van der Waals surface area contributed by atoms with Crippen LogP contribution in [0.25, 0.3) is 0 Å². The molecule has 0 radical (unpaired) electrons. The van der Waals surface area contributed by atoms with Gasteiger partial charge in [-0.05, 0) is 76.5 Å². The molecule has 2 N–H and O–H groups in total. The van der Waals surface area contributed by atoms with E-state index in [0.717, 1.165) is 44.7 Å². The maximum atomic E-state index is 13.1. The Hall–Kier alpha value is -1.40. The summed E-state index contributed by atoms with van der Waals surface area (Å²) in [6, 6.07) is 0.372. The predicted molar refractivity (Wildman–Crippen MR) is 116 cm³/mol. The fraction of sp³-hybridized carbons (Fsp3) is 0.833. The van der Waals surface area contributed by atoms with Crippen LogP contribution < -0.4 is 5.32 Å². The Balaban J connectivity index is 1.27. The minimum atomic E-state index is 0.187. The van der Waals surface area contributed by atoms with Gasteiger partial charge in [-0.3, -0.25) is 14.8 Å². The summed E-state index contributed by atoms with van der Waals surface area (Å²) in [5, 5.41) is 11.1. The van der Waals surface area contributed by atoms with E-state index in [-0.39, 0.29) is 16.7 Å². The second-order valence-corrected chi connectivity index (χ2v) is 11.0. The first-order valence-electron chi connectivity index (χ1n) is 12.0. The van der Waals surface area contributed by atoms with E-state index in [1.54, 1.807) is 0 Å². The monoisotopic (exact) mass is 414 g/mol. The molecule has 1 saturated heterocycles. The number of nitrogens with zero attached hydrogens (tertiary/aromatic N) is 2. The lowest BCUT2D eigenvalue weighted by atomic mass is 9.42. The highest BCUT2D eigenvalue weighted by atomic mass is 16.5. The molecule has 1 amide bonds. The quantitative estimate of drug-likeness (QED) is 0.750. The first-order valence-corrected chi connectivity index (χ1v) is 12.0. The molecule has 6 nitrogen and oxygen atoms in total. The molecular formula is C24H38N4O2. The molecule has 0 spiro atoms. The number of H-pyrrole nitrogens is 1. The van der Waals surface area contributed by atoms with Gasteiger partial charge in [0.1, 0.15) is 0 Å². The molecule has 1 aliphatic heterocycles. The molecule has 3 atom stereocenters. The third-order valence-electron chi connectivity index (χ3n) is 8.64. The molecule has 2 heterocycles. The smallest absolute Gasteiger partial charge is 0.220 e. The highest BCUT2D eigenvalue weighted by molar-refractivity contribution is 5.77. The number of nitrogens with one attached hydrogen (secondary N) is 2. The summed E-state index contributed by atoms with van der Waals surface area (Å²) in [6.45, 7) is 10.8. The van der Waals surface area contributed by atoms with Gasteiger partial charge in [0.25, 0.3) is 0 Å². The molecule has 30 heavy (non-hydrogen) atoms. The van der Waals surface area contributed by atoms with Crippen LogP contribution in [-0.2, 0) is 14.9 Å². The molecular weight excluding hydrogens is 376 g/mol. The van der Waals surface area contributed by atoms with Crippen molar-refractivity contribution in [3.8, 4) is 0 Å². The second-order valence-electron chi connectivity index (χ2n) is 11.0. The summed E-state index contributed by atoms with van der Waals surface area (Å²) < 4.78 is 5.46. The van der Waals surface area contributed by atoms with E-state index in [0.29, 0.717) is 12.5 Å². The number of morpholine rings is 1. The number of hydrogen-bond donors (Lipinski definition) is 2. The molecule has 0 unspecified atom stereocenters. The van der Waals surface area contributed by atoms with Gasteiger partial charge in [-0.2, -0.15) is 5.10 Å². The first-order chi connectivity index (χ1) is 14.4. The van der Waals surface area contributed by atoms with E-state index < -0.39 is 0 Å². The van der Waals surface area contributed by atoms with Crippen molar-refractivity contribution in [1.29, 1.82) is 0 Å². The minimum Gasteiger partial charge on any atom is -0.379 e. The average molecular weight is 415 g/mol. The summed E-state index contributed by atoms with van der Waals surface area (Å²) in [5.41, 5.74) is 4.32. The number of aromatic nitrogens is 2. The zero-order chi connectivity index (χ0) is 20.9. The fourth-order valence-corrected chi connectivity index (χ4v) is 8.10. The third kappa shape index (κ3) is 3.60. The van der Waals surface area contributed by atoms with Gasteiger partial charge in [-0.25, -0.2) is 0 Å². The van der Waals surface area contributed by atoms with Crippen LogP contribution in [0.3, 0.4) is 0 Å². The Labute approximate surface area is 180 Å². The van der Waals surface area contributed by atoms with Gasteiger partial charge in [-0.1, -0.05) is 0 Å². The maximum Gasteiger partial charge on any atom is 0.220 e. The topological polar surface area (TPSA) is 70.2 Å². The van der Waals surface area contributed by atoms with Crippen molar-refractivity contribution in [1.82, 2.24) is 20.4 Å². The van der Waals surface area contributed by atoms with Crippen molar-refractivity contribution in [2.75, 3.05) is 32.8 Å². The van der Waals surface area contributed by atoms with E-state index in [9.17, 15) is 4.79 Å². The molecule has 166 valence electrons. The summed E-state index contributed by atoms with van der Waals surface area (Å²) in [6.07, 6.45) is 8.31. The van der Waals surface area contributed by atoms with Gasteiger partial charge >= 0.3 is 0 Å². The highest BCUT2D eigenvalue weighted by Crippen LogP contribution is 2.67. The number of hydrogen-bond acceptors (Lipinski definition) is 4. The van der Waals surface area contributed by atoms with Crippen LogP contribution in [0.15, 0.2) is 0 Å². The van der Waals surface area contributed by atoms with Crippen molar-refractivity contribution in [3.63, 3.8) is 0 Å². The lowest BCUT2D eigenvalue weighted by molar-refractivity contribution is -0.131. The van der Waals surface area contributed by atoms with Gasteiger partial charge in [0.15, 0.2) is 0 Å². The standard InChI is InChI=1S/C24H38N4O2/c1-16(28-4-6-30-7-5-28)14-25-21(29)13-23-9-19-8-20(10-23)12-24(11-19,15-23)22-17(2)26-27-18(22)3/h16,19-20H,4-15H2,1-3H3,(H,25,29)(H,26,27)/t16-,19+,20+,23?,24?/m1/s1. The summed E-state index contributed by atoms with van der Waals surface area (Å²) >= 11 is 0. The number of aromatic amines is 1. The van der Waals surface area contributed by atoms with Crippen LogP contribution >= 0.6 is 0 Å². The number of aryl methyl sites for hydroxylation is 2. The molecule has 4 bridgehead atoms. The van der Waals surface area contributed by atoms with Crippen LogP contribution in [0.2, 0.25) is 0 Å². The van der Waals surface area contributed by atoms with Gasteiger partial charge in [0.05, 0.1) is 18.9 Å². The third-order valence-corrected chi connectivity index (χ3v) is 8.64. The highest BCUT2D eigenvalue weighted by Gasteiger charge is 2.59. The van der Waals surface area contributed by atoms with Crippen LogP contribution in [0, 0.1) is 31.1 Å². The number of carbonyl (C=O) groups excluding carboxylic acids is 1. The number of carbonyl (C=O) groups is 1. The molecule has 0 aromatic carbocycles. The lowest BCUT2D eigenvalue weighted by Gasteiger charge is -2.62. The zero-order valence-electron chi connectivity index (χ0n) is 18.9. The number of rotatable bonds is 6. The molecule has 4 aliphatic carbocycles. The Morgan fingerprint density at radius 3 is 2.57 bits per heavy atom. The second kappa shape index (κ2) is 7.63. The molecule has 4 saturated carbocycles. The van der Waals surface area contributed by atoms with Crippen molar-refractivity contribution in [3.05, 3.63) is 17.0 Å². The molecule has 5 aliphatic rings. The lowest BCUT2D eigenvalue weighted by Crippen LogP contribution is -2.55. The Kier molecular flexibility index (Phi) is 5.21. The van der Waals surface area contributed by atoms with Crippen LogP contribution in [0.1, 0.15) is 68.8 Å². The SMILES string of the molecule is Cc1n[nH]c(C)c1C12C[C@H]3C[C@@H](CC(CC(=O)NC[C@@H](C)N4CCOCC4)(C3)C1)C2. The summed E-state index contributed by atoms with van der Waals surface area (Å²) in [5.74, 6) is 1.81. The molecule has 6 heteroatoms. The van der Waals surface area contributed by atoms with Gasteiger partial charge < -0.3 is 10.1 Å². The Morgan fingerprint density at radius 2 is 1.93 bits per heavy atom. The van der Waals surface area contributed by atoms with E-state index >= 15 is 0 Å². The molecule has 5 fully saturated rings. The van der Waals surface area contributed by atoms with E-state index in [2.05, 4.69) is 41.2 Å². The average Bonchev–Trinajstić information content (AvgIpc) is 3.04. The summed E-state index contributed by atoms with van der Waals surface area (Å²) in [4.78, 5) is 15.5. The van der Waals surface area contributed by atoms with Gasteiger partial charge in [-0.15, -0.1) is 0 Å². The Morgan fingerprint density at radius 1 is 1.23 bits per heavy atom. The minimum absolute atomic E-state index is 0.187. The number of ether oxygens (including phenoxy) is 1. The number of amides is 1. The van der Waals surface area contributed by atoms with E-state index in [1.807, 2.05) is 0 Å². The predicted octanol–water partition coefficient (Wildman–Crippen LogP) is 3.09. The fourth-order valence-electron chi connectivity index (χ4n) is 8.10. The van der Waals surface area contributed by atoms with E-state index in [4.69, 9.17) is 4.74 Å². The Bertz CT molecular complexity index is 764. The van der Waals surface area contributed by atoms with Crippen molar-refractivity contribution in [2.24, 2.45) is 17.3 Å². The van der Waals surface area contributed by atoms with Gasteiger partial charge in [0, 0.05) is 48.8 Å². The van der Waals surface area contributed by atoms with E-state index in [1.165, 1.54) is 55.5 Å². The van der Waals surface area contributed by atoms with Crippen molar-refractivity contribution < 1.29 is 9.53 Å². The van der Waals surface area contributed by atoms with Crippen molar-refractivity contribution in [2.45, 2.75) is 77.2 Å². The van der Waals surface area contributed by atoms with Crippen LogP contribution in [0.5, 0.6) is 0 Å². The maximum absolute atomic E-state index is 13.1. The molecule has 1 aromatic heterocycles. The molecule has 1 aromatic rings. The largest absolute Gasteiger partial charge is 0.379 e. The first kappa shape index (κ1) is 20.5. The van der Waals surface area contributed by atoms with Crippen LogP contribution in [-0.4, -0.2) is 59.9 Å². The zero-order valence-corrected chi connectivity index (χ0v) is 18.9. The van der Waals surface area contributed by atoms with Gasteiger partial charge in [0.2, 0.25) is 5.91 Å². The molecule has 6 rings (SSSR count). The normalized spacial score (nSPS) is 36.8. The van der Waals surface area contributed by atoms with Crippen LogP contribution in [0.4, 0.5) is 0 Å².